The van der Waals surface area contributed by atoms with Gasteiger partial charge >= 0.3 is 0 Å². The van der Waals surface area contributed by atoms with E-state index in [2.05, 4.69) is 17.3 Å². The van der Waals surface area contributed by atoms with Gasteiger partial charge in [-0.1, -0.05) is 31.2 Å². The second kappa shape index (κ2) is 9.30. The van der Waals surface area contributed by atoms with Crippen molar-refractivity contribution < 1.29 is 18.3 Å². The van der Waals surface area contributed by atoms with Crippen LogP contribution in [0.3, 0.4) is 0 Å². The number of halogens is 1. The molecule has 4 rings (SSSR count). The van der Waals surface area contributed by atoms with Gasteiger partial charge in [0.25, 0.3) is 5.91 Å². The van der Waals surface area contributed by atoms with Crippen molar-refractivity contribution in [1.82, 2.24) is 9.78 Å². The van der Waals surface area contributed by atoms with Gasteiger partial charge in [0.05, 0.1) is 6.54 Å². The van der Waals surface area contributed by atoms with Crippen LogP contribution in [0.25, 0.3) is 0 Å². The smallest absolute Gasteiger partial charge is 0.292 e. The Morgan fingerprint density at radius 2 is 1.94 bits per heavy atom. The summed E-state index contributed by atoms with van der Waals surface area (Å²) in [7, 11) is 0. The zero-order valence-electron chi connectivity index (χ0n) is 17.0. The quantitative estimate of drug-likeness (QED) is 0.434. The van der Waals surface area contributed by atoms with E-state index >= 15 is 0 Å². The zero-order chi connectivity index (χ0) is 21.6. The first-order chi connectivity index (χ1) is 15.1. The first-order valence-corrected chi connectivity index (χ1v) is 9.99. The standard InChI is InChI=1S/C24H22FN3O3/c1-2-17-6-8-20(9-7-17)30-16-21-10-11-22(31-21)24(29)26-23-12-13-28(27-23)15-18-4-3-5-19(25)14-18/h3-14H,2,15-16H2,1H3,(H,26,27,29). The van der Waals surface area contributed by atoms with Crippen molar-refractivity contribution in [2.75, 3.05) is 5.32 Å². The van der Waals surface area contributed by atoms with E-state index in [0.29, 0.717) is 18.1 Å². The maximum Gasteiger partial charge on any atom is 0.292 e. The van der Waals surface area contributed by atoms with Crippen LogP contribution in [0.4, 0.5) is 10.2 Å². The molecule has 2 aromatic carbocycles. The van der Waals surface area contributed by atoms with Gasteiger partial charge in [-0.3, -0.25) is 9.48 Å². The highest BCUT2D eigenvalue weighted by atomic mass is 19.1. The summed E-state index contributed by atoms with van der Waals surface area (Å²) < 4.78 is 26.2. The monoisotopic (exact) mass is 419 g/mol. The van der Waals surface area contributed by atoms with Gasteiger partial charge in [-0.2, -0.15) is 5.10 Å². The average molecular weight is 419 g/mol. The number of nitrogens with zero attached hydrogens (tertiary/aromatic N) is 2. The molecule has 2 heterocycles. The highest BCUT2D eigenvalue weighted by Crippen LogP contribution is 2.17. The molecule has 0 atom stereocenters. The molecule has 0 aliphatic rings. The molecule has 7 heteroatoms. The Hall–Kier alpha value is -3.87. The molecule has 1 amide bonds. The predicted octanol–water partition coefficient (Wildman–Crippen LogP) is 5.06. The van der Waals surface area contributed by atoms with Crippen molar-refractivity contribution in [1.29, 1.82) is 0 Å². The van der Waals surface area contributed by atoms with Crippen molar-refractivity contribution in [3.05, 3.63) is 101 Å². The van der Waals surface area contributed by atoms with E-state index in [1.54, 1.807) is 35.1 Å². The summed E-state index contributed by atoms with van der Waals surface area (Å²) in [5.74, 6) is 1.12. The van der Waals surface area contributed by atoms with Gasteiger partial charge in [0.15, 0.2) is 11.6 Å². The molecule has 0 unspecified atom stereocenters. The molecule has 0 spiro atoms. The predicted molar refractivity (Wildman–Crippen MR) is 115 cm³/mol. The normalized spacial score (nSPS) is 10.8. The fourth-order valence-corrected chi connectivity index (χ4v) is 3.07. The molecule has 0 saturated carbocycles. The molecular formula is C24H22FN3O3. The summed E-state index contributed by atoms with van der Waals surface area (Å²) >= 11 is 0. The van der Waals surface area contributed by atoms with Crippen molar-refractivity contribution >= 4 is 11.7 Å². The van der Waals surface area contributed by atoms with E-state index < -0.39 is 5.91 Å². The summed E-state index contributed by atoms with van der Waals surface area (Å²) in [5, 5.41) is 6.99. The lowest BCUT2D eigenvalue weighted by Crippen LogP contribution is -2.12. The maximum atomic E-state index is 13.3. The minimum absolute atomic E-state index is 0.166. The number of nitrogens with one attached hydrogen (secondary N) is 1. The van der Waals surface area contributed by atoms with Crippen molar-refractivity contribution in [3.8, 4) is 5.75 Å². The molecule has 0 fully saturated rings. The summed E-state index contributed by atoms with van der Waals surface area (Å²) in [4.78, 5) is 12.4. The number of aromatic nitrogens is 2. The molecule has 0 bridgehead atoms. The van der Waals surface area contributed by atoms with Gasteiger partial charge in [-0.25, -0.2) is 4.39 Å². The SMILES string of the molecule is CCc1ccc(OCc2ccc(C(=O)Nc3ccn(Cc4cccc(F)c4)n3)o2)cc1. The minimum Gasteiger partial charge on any atom is -0.486 e. The first-order valence-electron chi connectivity index (χ1n) is 9.99. The topological polar surface area (TPSA) is 69.3 Å². The lowest BCUT2D eigenvalue weighted by molar-refractivity contribution is 0.0992. The molecule has 0 aliphatic heterocycles. The Balaban J connectivity index is 1.32. The number of hydrogen-bond acceptors (Lipinski definition) is 4. The van der Waals surface area contributed by atoms with Gasteiger partial charge in [0.2, 0.25) is 0 Å². The van der Waals surface area contributed by atoms with E-state index in [4.69, 9.17) is 9.15 Å². The van der Waals surface area contributed by atoms with Gasteiger partial charge in [0.1, 0.15) is 23.9 Å². The van der Waals surface area contributed by atoms with Gasteiger partial charge < -0.3 is 14.5 Å². The third-order valence-corrected chi connectivity index (χ3v) is 4.71. The number of furan rings is 1. The summed E-state index contributed by atoms with van der Waals surface area (Å²) in [6.45, 7) is 2.72. The summed E-state index contributed by atoms with van der Waals surface area (Å²) in [6, 6.07) is 19.1. The summed E-state index contributed by atoms with van der Waals surface area (Å²) in [5.41, 5.74) is 2.02. The average Bonchev–Trinajstić information content (AvgIpc) is 3.42. The lowest BCUT2D eigenvalue weighted by Gasteiger charge is -2.05. The van der Waals surface area contributed by atoms with Crippen LogP contribution in [0.2, 0.25) is 0 Å². The number of benzene rings is 2. The van der Waals surface area contributed by atoms with Crippen molar-refractivity contribution in [2.24, 2.45) is 0 Å². The number of aryl methyl sites for hydroxylation is 1. The van der Waals surface area contributed by atoms with Gasteiger partial charge in [0, 0.05) is 12.3 Å². The second-order valence-electron chi connectivity index (χ2n) is 7.03. The Bertz CT molecular complexity index is 1160. The molecule has 2 aromatic heterocycles. The molecule has 6 nitrogen and oxygen atoms in total. The molecule has 0 saturated heterocycles. The second-order valence-corrected chi connectivity index (χ2v) is 7.03. The fraction of sp³-hybridized carbons (Fsp3) is 0.167. The van der Waals surface area contributed by atoms with E-state index in [9.17, 15) is 9.18 Å². The number of amides is 1. The highest BCUT2D eigenvalue weighted by molar-refractivity contribution is 6.01. The fourth-order valence-electron chi connectivity index (χ4n) is 3.07. The minimum atomic E-state index is -0.408. The highest BCUT2D eigenvalue weighted by Gasteiger charge is 2.13. The zero-order valence-corrected chi connectivity index (χ0v) is 17.0. The largest absolute Gasteiger partial charge is 0.486 e. The molecule has 4 aromatic rings. The number of rotatable bonds is 8. The van der Waals surface area contributed by atoms with Crippen LogP contribution in [0, 0.1) is 5.82 Å². The Morgan fingerprint density at radius 3 is 2.71 bits per heavy atom. The molecule has 158 valence electrons. The first kappa shape index (κ1) is 20.4. The lowest BCUT2D eigenvalue weighted by atomic mass is 10.2. The van der Waals surface area contributed by atoms with Crippen LogP contribution in [0.15, 0.2) is 77.3 Å². The van der Waals surface area contributed by atoms with Crippen LogP contribution in [-0.4, -0.2) is 15.7 Å². The third kappa shape index (κ3) is 5.39. The molecule has 0 radical (unpaired) electrons. The van der Waals surface area contributed by atoms with E-state index in [1.165, 1.54) is 17.7 Å². The third-order valence-electron chi connectivity index (χ3n) is 4.71. The summed E-state index contributed by atoms with van der Waals surface area (Å²) in [6.07, 6.45) is 2.69. The Labute approximate surface area is 179 Å². The molecule has 0 aliphatic carbocycles. The van der Waals surface area contributed by atoms with Crippen molar-refractivity contribution in [3.63, 3.8) is 0 Å². The van der Waals surface area contributed by atoms with Crippen LogP contribution in [-0.2, 0) is 19.6 Å². The van der Waals surface area contributed by atoms with Crippen LogP contribution < -0.4 is 10.1 Å². The van der Waals surface area contributed by atoms with Crippen LogP contribution >= 0.6 is 0 Å². The van der Waals surface area contributed by atoms with Crippen LogP contribution in [0.5, 0.6) is 5.75 Å². The Morgan fingerprint density at radius 1 is 1.10 bits per heavy atom. The number of carbonyl (C=O) groups excluding carboxylic acids is 1. The van der Waals surface area contributed by atoms with Gasteiger partial charge in [-0.05, 0) is 53.9 Å². The Kier molecular flexibility index (Phi) is 6.12. The number of ether oxygens (including phenoxy) is 1. The van der Waals surface area contributed by atoms with Crippen molar-refractivity contribution in [2.45, 2.75) is 26.5 Å². The van der Waals surface area contributed by atoms with E-state index in [-0.39, 0.29) is 18.2 Å². The maximum absolute atomic E-state index is 13.3. The number of anilines is 1. The van der Waals surface area contributed by atoms with E-state index in [0.717, 1.165) is 17.7 Å². The van der Waals surface area contributed by atoms with Crippen LogP contribution in [0.1, 0.15) is 34.4 Å². The molecule has 31 heavy (non-hydrogen) atoms. The number of carbonyl (C=O) groups is 1. The number of hydrogen-bond donors (Lipinski definition) is 1. The van der Waals surface area contributed by atoms with E-state index in [1.807, 2.05) is 30.3 Å². The molecule has 1 N–H and O–H groups in total. The molecular weight excluding hydrogens is 397 g/mol. The van der Waals surface area contributed by atoms with Gasteiger partial charge in [-0.15, -0.1) is 0 Å².